The van der Waals surface area contributed by atoms with E-state index in [0.29, 0.717) is 16.8 Å². The first-order valence-electron chi connectivity index (χ1n) is 8.25. The van der Waals surface area contributed by atoms with Crippen molar-refractivity contribution in [3.63, 3.8) is 0 Å². The monoisotopic (exact) mass is 380 g/mol. The number of imide groups is 1. The Morgan fingerprint density at radius 3 is 2.61 bits per heavy atom. The number of amides is 4. The molecule has 28 heavy (non-hydrogen) atoms. The van der Waals surface area contributed by atoms with Crippen LogP contribution in [0.4, 0.5) is 16.2 Å². The molecular weight excluding hydrogens is 364 g/mol. The number of nitro groups is 1. The number of nitrogens with one attached hydrogen (secondary N) is 3. The molecule has 9 nitrogen and oxygen atoms in total. The summed E-state index contributed by atoms with van der Waals surface area (Å²) in [6, 6.07) is 11.8. The Morgan fingerprint density at radius 1 is 1.18 bits per heavy atom. The van der Waals surface area contributed by atoms with E-state index in [2.05, 4.69) is 16.0 Å². The van der Waals surface area contributed by atoms with Crippen molar-refractivity contribution in [2.24, 2.45) is 0 Å². The van der Waals surface area contributed by atoms with Crippen LogP contribution in [0.1, 0.15) is 18.1 Å². The molecule has 0 aromatic heterocycles. The summed E-state index contributed by atoms with van der Waals surface area (Å²) >= 11 is 0. The molecule has 0 bridgehead atoms. The lowest BCUT2D eigenvalue weighted by atomic mass is 9.92. The fourth-order valence-corrected chi connectivity index (χ4v) is 2.75. The largest absolute Gasteiger partial charge is 0.323 e. The van der Waals surface area contributed by atoms with Crippen LogP contribution in [-0.4, -0.2) is 22.8 Å². The molecule has 3 N–H and O–H groups in total. The summed E-state index contributed by atoms with van der Waals surface area (Å²) in [4.78, 5) is 45.9. The van der Waals surface area contributed by atoms with Crippen molar-refractivity contribution in [1.29, 1.82) is 0 Å². The SMILES string of the molecule is CC1(c2cccc(NC(=O)C=Cc3cccc([N+](=O)[O-])c3)c2)NC(=O)NC1=O. The Morgan fingerprint density at radius 2 is 1.93 bits per heavy atom. The molecule has 0 radical (unpaired) electrons. The molecule has 1 atom stereocenters. The van der Waals surface area contributed by atoms with Gasteiger partial charge in [-0.3, -0.25) is 25.0 Å². The number of urea groups is 1. The third-order valence-electron chi connectivity index (χ3n) is 4.26. The van der Waals surface area contributed by atoms with E-state index < -0.39 is 28.3 Å². The summed E-state index contributed by atoms with van der Waals surface area (Å²) < 4.78 is 0. The second-order valence-electron chi connectivity index (χ2n) is 6.29. The minimum Gasteiger partial charge on any atom is -0.323 e. The molecule has 0 saturated carbocycles. The molecule has 1 heterocycles. The normalized spacial score (nSPS) is 18.6. The van der Waals surface area contributed by atoms with E-state index in [1.54, 1.807) is 37.3 Å². The number of rotatable bonds is 5. The van der Waals surface area contributed by atoms with Gasteiger partial charge in [-0.2, -0.15) is 0 Å². The topological polar surface area (TPSA) is 130 Å². The quantitative estimate of drug-likeness (QED) is 0.317. The van der Waals surface area contributed by atoms with Crippen molar-refractivity contribution in [2.45, 2.75) is 12.5 Å². The van der Waals surface area contributed by atoms with E-state index in [1.807, 2.05) is 0 Å². The number of nitrogens with zero attached hydrogens (tertiary/aromatic N) is 1. The van der Waals surface area contributed by atoms with Crippen LogP contribution in [0.5, 0.6) is 0 Å². The van der Waals surface area contributed by atoms with Crippen LogP contribution in [-0.2, 0) is 15.1 Å². The van der Waals surface area contributed by atoms with Gasteiger partial charge in [0, 0.05) is 23.9 Å². The number of anilines is 1. The number of non-ortho nitro benzene ring substituents is 1. The summed E-state index contributed by atoms with van der Waals surface area (Å²) in [6.07, 6.45) is 2.70. The highest BCUT2D eigenvalue weighted by molar-refractivity contribution is 6.07. The maximum atomic E-state index is 12.2. The van der Waals surface area contributed by atoms with Gasteiger partial charge in [0.25, 0.3) is 11.6 Å². The fraction of sp³-hybridized carbons (Fsp3) is 0.105. The molecule has 4 amide bonds. The molecular formula is C19H16N4O5. The van der Waals surface area contributed by atoms with Crippen LogP contribution in [0.15, 0.2) is 54.6 Å². The fourth-order valence-electron chi connectivity index (χ4n) is 2.75. The number of carbonyl (C=O) groups excluding carboxylic acids is 3. The number of hydrogen-bond acceptors (Lipinski definition) is 5. The standard InChI is InChI=1S/C19H16N4O5/c1-19(17(25)21-18(26)22-19)13-5-3-6-14(11-13)20-16(24)9-8-12-4-2-7-15(10-12)23(27)28/h2-11H,1H3,(H,20,24)(H2,21,22,25,26). The Labute approximate surface area is 159 Å². The Kier molecular flexibility index (Phi) is 4.90. The van der Waals surface area contributed by atoms with Crippen LogP contribution in [0, 0.1) is 10.1 Å². The van der Waals surface area contributed by atoms with Crippen molar-refractivity contribution in [3.8, 4) is 0 Å². The zero-order valence-electron chi connectivity index (χ0n) is 14.8. The van der Waals surface area contributed by atoms with Gasteiger partial charge in [0.05, 0.1) is 4.92 Å². The number of hydrogen-bond donors (Lipinski definition) is 3. The van der Waals surface area contributed by atoms with Gasteiger partial charge in [-0.1, -0.05) is 24.3 Å². The highest BCUT2D eigenvalue weighted by atomic mass is 16.6. The van der Waals surface area contributed by atoms with Gasteiger partial charge < -0.3 is 10.6 Å². The molecule has 0 aliphatic carbocycles. The molecule has 1 unspecified atom stereocenters. The maximum Gasteiger partial charge on any atom is 0.322 e. The summed E-state index contributed by atoms with van der Waals surface area (Å²) in [5.41, 5.74) is 0.158. The van der Waals surface area contributed by atoms with Gasteiger partial charge in [-0.15, -0.1) is 0 Å². The Bertz CT molecular complexity index is 1020. The lowest BCUT2D eigenvalue weighted by Gasteiger charge is -2.21. The molecule has 2 aromatic rings. The average molecular weight is 380 g/mol. The highest BCUT2D eigenvalue weighted by Gasteiger charge is 2.43. The van der Waals surface area contributed by atoms with Crippen LogP contribution >= 0.6 is 0 Å². The summed E-state index contributed by atoms with van der Waals surface area (Å²) in [7, 11) is 0. The third-order valence-corrected chi connectivity index (χ3v) is 4.26. The molecule has 1 aliphatic heterocycles. The highest BCUT2D eigenvalue weighted by Crippen LogP contribution is 2.26. The summed E-state index contributed by atoms with van der Waals surface area (Å²) in [5, 5.41) is 18.2. The Balaban J connectivity index is 1.73. The van der Waals surface area contributed by atoms with Crippen LogP contribution < -0.4 is 16.0 Å². The lowest BCUT2D eigenvalue weighted by molar-refractivity contribution is -0.384. The smallest absolute Gasteiger partial charge is 0.322 e. The van der Waals surface area contributed by atoms with Gasteiger partial charge in [0.15, 0.2) is 0 Å². The minimum absolute atomic E-state index is 0.0691. The van der Waals surface area contributed by atoms with Crippen molar-refractivity contribution >= 4 is 35.3 Å². The molecule has 1 aliphatic rings. The van der Waals surface area contributed by atoms with E-state index >= 15 is 0 Å². The molecule has 3 rings (SSSR count). The third kappa shape index (κ3) is 3.88. The van der Waals surface area contributed by atoms with Gasteiger partial charge >= 0.3 is 6.03 Å². The first-order valence-corrected chi connectivity index (χ1v) is 8.25. The minimum atomic E-state index is -1.23. The number of benzene rings is 2. The van der Waals surface area contributed by atoms with Crippen molar-refractivity contribution < 1.29 is 19.3 Å². The predicted molar refractivity (Wildman–Crippen MR) is 101 cm³/mol. The van der Waals surface area contributed by atoms with E-state index in [4.69, 9.17) is 0 Å². The summed E-state index contributed by atoms with van der Waals surface area (Å²) in [6.45, 7) is 1.57. The zero-order valence-corrected chi connectivity index (χ0v) is 14.8. The Hall–Kier alpha value is -4.01. The number of carbonyl (C=O) groups is 3. The zero-order chi connectivity index (χ0) is 20.3. The molecule has 142 valence electrons. The second kappa shape index (κ2) is 7.31. The van der Waals surface area contributed by atoms with Crippen LogP contribution in [0.25, 0.3) is 6.08 Å². The molecule has 1 fully saturated rings. The van der Waals surface area contributed by atoms with E-state index in [1.165, 1.54) is 30.4 Å². The first kappa shape index (κ1) is 18.8. The predicted octanol–water partition coefficient (Wildman–Crippen LogP) is 2.30. The van der Waals surface area contributed by atoms with Crippen molar-refractivity contribution in [3.05, 3.63) is 75.8 Å². The molecule has 9 heteroatoms. The van der Waals surface area contributed by atoms with E-state index in [9.17, 15) is 24.5 Å². The van der Waals surface area contributed by atoms with Crippen LogP contribution in [0.3, 0.4) is 0 Å². The lowest BCUT2D eigenvalue weighted by Crippen LogP contribution is -2.40. The van der Waals surface area contributed by atoms with Gasteiger partial charge in [-0.05, 0) is 36.3 Å². The van der Waals surface area contributed by atoms with Crippen LogP contribution in [0.2, 0.25) is 0 Å². The second-order valence-corrected chi connectivity index (χ2v) is 6.29. The van der Waals surface area contributed by atoms with E-state index in [-0.39, 0.29) is 5.69 Å². The maximum absolute atomic E-state index is 12.2. The molecule has 0 spiro atoms. The molecule has 1 saturated heterocycles. The summed E-state index contributed by atoms with van der Waals surface area (Å²) in [5.74, 6) is -0.930. The number of nitro benzene ring substituents is 1. The van der Waals surface area contributed by atoms with Crippen molar-refractivity contribution in [2.75, 3.05) is 5.32 Å². The van der Waals surface area contributed by atoms with E-state index in [0.717, 1.165) is 0 Å². The van der Waals surface area contributed by atoms with Gasteiger partial charge in [0.2, 0.25) is 5.91 Å². The van der Waals surface area contributed by atoms with Crippen molar-refractivity contribution in [1.82, 2.24) is 10.6 Å². The first-order chi connectivity index (χ1) is 13.3. The van der Waals surface area contributed by atoms with Gasteiger partial charge in [-0.25, -0.2) is 4.79 Å². The van der Waals surface area contributed by atoms with Gasteiger partial charge in [0.1, 0.15) is 5.54 Å². The average Bonchev–Trinajstić information content (AvgIpc) is 2.93. The molecule has 2 aromatic carbocycles.